The third-order valence-corrected chi connectivity index (χ3v) is 3.44. The minimum atomic E-state index is -0.0553. The maximum atomic E-state index is 5.62. The van der Waals surface area contributed by atoms with E-state index in [2.05, 4.69) is 10.2 Å². The van der Waals surface area contributed by atoms with Crippen LogP contribution in [0.2, 0.25) is 0 Å². The molecule has 7 heteroatoms. The Morgan fingerprint density at radius 2 is 2.10 bits per heavy atom. The third-order valence-electron chi connectivity index (χ3n) is 3.44. The summed E-state index contributed by atoms with van der Waals surface area (Å²) in [6.07, 6.45) is 4.92. The first-order valence-corrected chi connectivity index (χ1v) is 6.41. The van der Waals surface area contributed by atoms with Gasteiger partial charge in [0.15, 0.2) is 0 Å². The van der Waals surface area contributed by atoms with Gasteiger partial charge in [-0.05, 0) is 24.6 Å². The number of furan rings is 2. The molecule has 1 unspecified atom stereocenters. The van der Waals surface area contributed by atoms with Crippen LogP contribution in [-0.2, 0) is 6.42 Å². The summed E-state index contributed by atoms with van der Waals surface area (Å²) in [4.78, 5) is 0. The van der Waals surface area contributed by atoms with E-state index in [1.54, 1.807) is 12.5 Å². The predicted molar refractivity (Wildman–Crippen MR) is 82.8 cm³/mol. The smallest absolute Gasteiger partial charge is 0.211 e. The maximum Gasteiger partial charge on any atom is 0.211 e. The van der Waals surface area contributed by atoms with E-state index in [4.69, 9.17) is 20.3 Å². The Hall–Kier alpha value is -2.21. The molecule has 0 bridgehead atoms. The van der Waals surface area contributed by atoms with Crippen molar-refractivity contribution in [3.63, 3.8) is 0 Å². The molecule has 0 saturated carbocycles. The van der Waals surface area contributed by atoms with Crippen LogP contribution in [0.5, 0.6) is 0 Å². The molecule has 0 spiro atoms. The summed E-state index contributed by atoms with van der Waals surface area (Å²) in [5.74, 6) is 1.96. The van der Waals surface area contributed by atoms with E-state index in [0.29, 0.717) is 0 Å². The third kappa shape index (κ3) is 2.95. The monoisotopic (exact) mass is 308 g/mol. The van der Waals surface area contributed by atoms with E-state index in [-0.39, 0.29) is 24.3 Å². The van der Waals surface area contributed by atoms with Crippen molar-refractivity contribution in [2.45, 2.75) is 25.7 Å². The number of rotatable bonds is 2. The van der Waals surface area contributed by atoms with Gasteiger partial charge in [-0.25, -0.2) is 0 Å². The van der Waals surface area contributed by atoms with Crippen molar-refractivity contribution in [3.05, 3.63) is 47.3 Å². The second-order valence-electron chi connectivity index (χ2n) is 4.91. The highest BCUT2D eigenvalue weighted by molar-refractivity contribution is 6.04. The molecule has 1 atom stereocenters. The lowest BCUT2D eigenvalue weighted by Gasteiger charge is -2.20. The Balaban J connectivity index is 0.00000161. The summed E-state index contributed by atoms with van der Waals surface area (Å²) in [7, 11) is 0. The minimum absolute atomic E-state index is 0. The number of hydrogen-bond acceptors (Lipinski definition) is 4. The van der Waals surface area contributed by atoms with E-state index in [1.165, 1.54) is 0 Å². The molecule has 2 aromatic rings. The average molecular weight is 309 g/mol. The quantitative estimate of drug-likeness (QED) is 0.504. The van der Waals surface area contributed by atoms with Crippen LogP contribution in [0.3, 0.4) is 0 Å². The number of nitrogens with zero attached hydrogens (tertiary/aromatic N) is 2. The number of hydrogen-bond donors (Lipinski definition) is 2. The number of halogens is 1. The van der Waals surface area contributed by atoms with Crippen LogP contribution in [0.1, 0.15) is 35.0 Å². The SMILES string of the molecule is Cc1coc2c1/C(=N\N=C(N)N)CC(c1ccco1)C2.Cl. The number of aryl methyl sites for hydroxylation is 1. The molecule has 112 valence electrons. The fourth-order valence-electron chi connectivity index (χ4n) is 2.60. The Labute approximate surface area is 128 Å². The first-order chi connectivity index (χ1) is 9.65. The lowest BCUT2D eigenvalue weighted by molar-refractivity contribution is 0.425. The molecule has 0 saturated heterocycles. The van der Waals surface area contributed by atoms with Crippen LogP contribution >= 0.6 is 12.4 Å². The van der Waals surface area contributed by atoms with Gasteiger partial charge in [-0.15, -0.1) is 17.5 Å². The van der Waals surface area contributed by atoms with E-state index in [0.717, 1.165) is 41.2 Å². The summed E-state index contributed by atoms with van der Waals surface area (Å²) in [5, 5.41) is 7.94. The molecule has 0 aliphatic heterocycles. The molecule has 2 heterocycles. The highest BCUT2D eigenvalue weighted by Crippen LogP contribution is 2.35. The van der Waals surface area contributed by atoms with Gasteiger partial charge in [-0.2, -0.15) is 5.10 Å². The maximum absolute atomic E-state index is 5.62. The van der Waals surface area contributed by atoms with E-state index < -0.39 is 0 Å². The topological polar surface area (TPSA) is 103 Å². The summed E-state index contributed by atoms with van der Waals surface area (Å²) in [5.41, 5.74) is 13.6. The normalized spacial score (nSPS) is 18.9. The van der Waals surface area contributed by atoms with Crippen molar-refractivity contribution in [3.8, 4) is 0 Å². The van der Waals surface area contributed by atoms with Gasteiger partial charge in [0.2, 0.25) is 5.96 Å². The molecule has 3 rings (SSSR count). The number of nitrogens with two attached hydrogens (primary N) is 2. The molecular formula is C14H17ClN4O2. The fourth-order valence-corrected chi connectivity index (χ4v) is 2.60. The van der Waals surface area contributed by atoms with E-state index in [9.17, 15) is 0 Å². The van der Waals surface area contributed by atoms with Gasteiger partial charge in [0, 0.05) is 24.3 Å². The van der Waals surface area contributed by atoms with Crippen molar-refractivity contribution in [2.75, 3.05) is 0 Å². The summed E-state index contributed by atoms with van der Waals surface area (Å²) >= 11 is 0. The van der Waals surface area contributed by atoms with Crippen LogP contribution in [0.15, 0.2) is 43.7 Å². The Morgan fingerprint density at radius 1 is 1.29 bits per heavy atom. The number of fused-ring (bicyclic) bond motifs is 1. The lowest BCUT2D eigenvalue weighted by atomic mass is 9.84. The van der Waals surface area contributed by atoms with Gasteiger partial charge in [-0.3, -0.25) is 0 Å². The van der Waals surface area contributed by atoms with Crippen LogP contribution in [0.25, 0.3) is 0 Å². The second kappa shape index (κ2) is 6.05. The van der Waals surface area contributed by atoms with Gasteiger partial charge in [0.1, 0.15) is 11.5 Å². The van der Waals surface area contributed by atoms with Crippen LogP contribution in [0, 0.1) is 6.92 Å². The Morgan fingerprint density at radius 3 is 2.76 bits per heavy atom. The molecule has 2 aromatic heterocycles. The van der Waals surface area contributed by atoms with Gasteiger partial charge in [0.05, 0.1) is 18.2 Å². The summed E-state index contributed by atoms with van der Waals surface area (Å²) in [6.45, 7) is 1.99. The zero-order chi connectivity index (χ0) is 14.1. The molecule has 21 heavy (non-hydrogen) atoms. The largest absolute Gasteiger partial charge is 0.469 e. The molecule has 0 fully saturated rings. The summed E-state index contributed by atoms with van der Waals surface area (Å²) in [6, 6.07) is 3.84. The zero-order valence-electron chi connectivity index (χ0n) is 11.6. The molecular weight excluding hydrogens is 292 g/mol. The molecule has 1 aliphatic carbocycles. The van der Waals surface area contributed by atoms with Gasteiger partial charge >= 0.3 is 0 Å². The molecule has 6 nitrogen and oxygen atoms in total. The van der Waals surface area contributed by atoms with Gasteiger partial charge in [0.25, 0.3) is 0 Å². The Bertz CT molecular complexity index is 669. The van der Waals surface area contributed by atoms with Crippen molar-refractivity contribution in [1.29, 1.82) is 0 Å². The highest BCUT2D eigenvalue weighted by atomic mass is 35.5. The second-order valence-corrected chi connectivity index (χ2v) is 4.91. The Kier molecular flexibility index (Phi) is 4.37. The van der Waals surface area contributed by atoms with E-state index in [1.807, 2.05) is 19.1 Å². The lowest BCUT2D eigenvalue weighted by Crippen LogP contribution is -2.23. The summed E-state index contributed by atoms with van der Waals surface area (Å²) < 4.78 is 11.1. The minimum Gasteiger partial charge on any atom is -0.469 e. The predicted octanol–water partition coefficient (Wildman–Crippen LogP) is 2.31. The van der Waals surface area contributed by atoms with Crippen molar-refractivity contribution >= 4 is 24.1 Å². The van der Waals surface area contributed by atoms with Gasteiger partial charge in [-0.1, -0.05) is 0 Å². The molecule has 4 N–H and O–H groups in total. The molecule has 0 radical (unpaired) electrons. The standard InChI is InChI=1S/C14H16N4O2.ClH/c1-8-7-20-12-6-9(11-3-2-4-19-11)5-10(13(8)12)17-18-14(15)16;/h2-4,7,9H,5-6H2,1H3,(H4,15,16,18);1H/b17-10-;. The van der Waals surface area contributed by atoms with Crippen LogP contribution < -0.4 is 11.5 Å². The highest BCUT2D eigenvalue weighted by Gasteiger charge is 2.30. The zero-order valence-corrected chi connectivity index (χ0v) is 12.4. The number of guanidine groups is 1. The molecule has 0 amide bonds. The van der Waals surface area contributed by atoms with Gasteiger partial charge < -0.3 is 20.3 Å². The first kappa shape index (κ1) is 15.2. The van der Waals surface area contributed by atoms with Crippen molar-refractivity contribution in [2.24, 2.45) is 21.7 Å². The molecule has 0 aromatic carbocycles. The van der Waals surface area contributed by atoms with Crippen LogP contribution in [-0.4, -0.2) is 11.7 Å². The molecule has 1 aliphatic rings. The van der Waals surface area contributed by atoms with E-state index >= 15 is 0 Å². The first-order valence-electron chi connectivity index (χ1n) is 6.41. The van der Waals surface area contributed by atoms with Crippen LogP contribution in [0.4, 0.5) is 0 Å². The average Bonchev–Trinajstić information content (AvgIpc) is 3.06. The fraction of sp³-hybridized carbons (Fsp3) is 0.286. The van der Waals surface area contributed by atoms with Crippen molar-refractivity contribution in [1.82, 2.24) is 0 Å². The van der Waals surface area contributed by atoms with Crippen molar-refractivity contribution < 1.29 is 8.83 Å².